The molecule has 0 radical (unpaired) electrons. The second kappa shape index (κ2) is 7.99. The van der Waals surface area contributed by atoms with Gasteiger partial charge in [-0.25, -0.2) is 0 Å². The van der Waals surface area contributed by atoms with E-state index in [2.05, 4.69) is 53.1 Å². The normalized spacial score (nSPS) is 46.8. The minimum absolute atomic E-state index is 0.160. The van der Waals surface area contributed by atoms with Gasteiger partial charge in [0.15, 0.2) is 16.6 Å². The number of hydrogen-bond donors (Lipinski definition) is 0. The van der Waals surface area contributed by atoms with E-state index in [0.29, 0.717) is 11.5 Å². The van der Waals surface area contributed by atoms with Crippen LogP contribution in [0.3, 0.4) is 0 Å². The van der Waals surface area contributed by atoms with Gasteiger partial charge in [0.2, 0.25) is 0 Å². The molecule has 2 nitrogen and oxygen atoms in total. The van der Waals surface area contributed by atoms with Crippen LogP contribution in [0.2, 0.25) is 39.3 Å². The Hall–Kier alpha value is 0.354. The van der Waals surface area contributed by atoms with E-state index in [0.717, 1.165) is 29.6 Å². The minimum Gasteiger partial charge on any atom is -0.415 e. The van der Waals surface area contributed by atoms with Gasteiger partial charge >= 0.3 is 0 Å². The summed E-state index contributed by atoms with van der Waals surface area (Å²) in [6.07, 6.45) is 14.5. The van der Waals surface area contributed by atoms with Crippen LogP contribution in [0.5, 0.6) is 0 Å². The average Bonchev–Trinajstić information content (AvgIpc) is 2.91. The van der Waals surface area contributed by atoms with Crippen molar-refractivity contribution in [2.75, 3.05) is 0 Å². The predicted octanol–water partition coefficient (Wildman–Crippen LogP) is 7.86. The minimum atomic E-state index is -1.55. The number of hydrogen-bond acceptors (Lipinski definition) is 2. The Bertz CT molecular complexity index is 624. The molecule has 0 aromatic heterocycles. The monoisotopic (exact) mass is 450 g/mol. The van der Waals surface area contributed by atoms with Crippen LogP contribution in [0.25, 0.3) is 0 Å². The van der Waals surface area contributed by atoms with Gasteiger partial charge in [0.1, 0.15) is 0 Å². The second-order valence-corrected chi connectivity index (χ2v) is 22.5. The Kier molecular flexibility index (Phi) is 6.26. The summed E-state index contributed by atoms with van der Waals surface area (Å²) in [6.45, 7) is 19.4. The topological polar surface area (TPSA) is 18.5 Å². The van der Waals surface area contributed by atoms with E-state index >= 15 is 0 Å². The Morgan fingerprint density at radius 2 is 1.47 bits per heavy atom. The van der Waals surface area contributed by atoms with E-state index in [1.54, 1.807) is 0 Å². The van der Waals surface area contributed by atoms with Crippen LogP contribution in [-0.4, -0.2) is 28.3 Å². The van der Waals surface area contributed by atoms with E-state index in [1.807, 2.05) is 0 Å². The molecule has 30 heavy (non-hydrogen) atoms. The van der Waals surface area contributed by atoms with Crippen molar-refractivity contribution in [3.8, 4) is 0 Å². The summed E-state index contributed by atoms with van der Waals surface area (Å²) in [4.78, 5) is 0. The smallest absolute Gasteiger partial charge is 0.184 e. The van der Waals surface area contributed by atoms with Gasteiger partial charge in [0.25, 0.3) is 0 Å². The molecule has 0 aliphatic heterocycles. The lowest BCUT2D eigenvalue weighted by Gasteiger charge is -2.59. The lowest BCUT2D eigenvalue weighted by molar-refractivity contribution is -0.126. The summed E-state index contributed by atoms with van der Waals surface area (Å²) < 4.78 is 13.6. The van der Waals surface area contributed by atoms with Crippen LogP contribution < -0.4 is 0 Å². The molecule has 4 heteroatoms. The summed E-state index contributed by atoms with van der Waals surface area (Å²) in [5.41, 5.74) is 0.570. The molecule has 4 fully saturated rings. The van der Waals surface area contributed by atoms with Crippen molar-refractivity contribution in [3.05, 3.63) is 0 Å². The lowest BCUT2D eigenvalue weighted by atomic mass is 9.49. The highest BCUT2D eigenvalue weighted by molar-refractivity contribution is 6.70. The predicted molar refractivity (Wildman–Crippen MR) is 133 cm³/mol. The van der Waals surface area contributed by atoms with Gasteiger partial charge in [0, 0.05) is 6.10 Å². The SMILES string of the molecule is CC[C@]1(O[Si](C)(C)C)CCC2C3CC[C@H]4C[C@H](O[Si](C)(C)C)CCC4C3CC[C@@]21C. The number of fused-ring (bicyclic) bond motifs is 5. The van der Waals surface area contributed by atoms with Crippen molar-refractivity contribution in [2.24, 2.45) is 35.0 Å². The molecule has 0 aromatic rings. The van der Waals surface area contributed by atoms with Crippen LogP contribution in [0.1, 0.15) is 78.1 Å². The van der Waals surface area contributed by atoms with Gasteiger partial charge in [0.05, 0.1) is 5.60 Å². The Morgan fingerprint density at radius 3 is 2.10 bits per heavy atom. The van der Waals surface area contributed by atoms with Gasteiger partial charge in [-0.2, -0.15) is 0 Å². The molecule has 4 unspecified atom stereocenters. The molecule has 0 amide bonds. The van der Waals surface area contributed by atoms with Crippen molar-refractivity contribution in [3.63, 3.8) is 0 Å². The molecular weight excluding hydrogens is 400 g/mol. The first-order valence-corrected chi connectivity index (χ1v) is 20.1. The fraction of sp³-hybridized carbons (Fsp3) is 1.00. The van der Waals surface area contributed by atoms with E-state index < -0.39 is 16.6 Å². The van der Waals surface area contributed by atoms with Crippen molar-refractivity contribution in [1.29, 1.82) is 0 Å². The van der Waals surface area contributed by atoms with Gasteiger partial charge < -0.3 is 8.85 Å². The highest BCUT2D eigenvalue weighted by atomic mass is 28.4. The molecular formula is C26H50O2Si2. The third-order valence-electron chi connectivity index (χ3n) is 9.79. The molecule has 0 saturated heterocycles. The molecule has 4 aliphatic rings. The van der Waals surface area contributed by atoms with E-state index in [4.69, 9.17) is 8.85 Å². The molecule has 0 N–H and O–H groups in total. The molecule has 4 saturated carbocycles. The summed E-state index contributed by atoms with van der Waals surface area (Å²) in [5.74, 6) is 4.81. The van der Waals surface area contributed by atoms with E-state index in [9.17, 15) is 0 Å². The first-order valence-electron chi connectivity index (χ1n) is 13.3. The number of rotatable bonds is 5. The van der Waals surface area contributed by atoms with Crippen molar-refractivity contribution in [1.82, 2.24) is 0 Å². The molecule has 174 valence electrons. The highest BCUT2D eigenvalue weighted by Crippen LogP contribution is 2.67. The van der Waals surface area contributed by atoms with E-state index in [1.165, 1.54) is 64.2 Å². The zero-order valence-electron chi connectivity index (χ0n) is 21.4. The fourth-order valence-electron chi connectivity index (χ4n) is 8.92. The van der Waals surface area contributed by atoms with Crippen LogP contribution in [0.15, 0.2) is 0 Å². The maximum atomic E-state index is 7.08. The maximum Gasteiger partial charge on any atom is 0.184 e. The second-order valence-electron chi connectivity index (χ2n) is 13.7. The summed E-state index contributed by atoms with van der Waals surface area (Å²) in [6, 6.07) is 0. The van der Waals surface area contributed by atoms with E-state index in [-0.39, 0.29) is 5.60 Å². The van der Waals surface area contributed by atoms with Crippen molar-refractivity contribution >= 4 is 16.6 Å². The Labute approximate surface area is 189 Å². The summed E-state index contributed by atoms with van der Waals surface area (Å²) in [7, 11) is -2.96. The summed E-state index contributed by atoms with van der Waals surface area (Å²) in [5, 5.41) is 0. The van der Waals surface area contributed by atoms with Crippen molar-refractivity contribution in [2.45, 2.75) is 129 Å². The molecule has 8 atom stereocenters. The fourth-order valence-corrected chi connectivity index (χ4v) is 11.8. The quantitative estimate of drug-likeness (QED) is 0.397. The third kappa shape index (κ3) is 4.17. The molecule has 0 spiro atoms. The molecule has 4 aliphatic carbocycles. The standard InChI is InChI=1S/C26H50O2Si2/c1-9-26(28-30(6,7)8)17-15-24-23-12-10-19-18-20(27-29(3,4)5)11-13-21(19)22(23)14-16-25(24,26)2/h19-24H,9-18H2,1-8H3/t19-,20+,21?,22?,23?,24?,25-,26-/m0/s1. The molecule has 0 bridgehead atoms. The Balaban J connectivity index is 1.49. The first-order chi connectivity index (χ1) is 13.9. The van der Waals surface area contributed by atoms with Crippen LogP contribution >= 0.6 is 0 Å². The first kappa shape index (κ1) is 23.5. The molecule has 0 heterocycles. The average molecular weight is 451 g/mol. The highest BCUT2D eigenvalue weighted by Gasteiger charge is 2.63. The summed E-state index contributed by atoms with van der Waals surface area (Å²) >= 11 is 0. The van der Waals surface area contributed by atoms with Crippen LogP contribution in [0, 0.1) is 35.0 Å². The molecule has 4 rings (SSSR count). The van der Waals surface area contributed by atoms with Crippen molar-refractivity contribution < 1.29 is 8.85 Å². The lowest BCUT2D eigenvalue weighted by Crippen LogP contribution is -2.57. The third-order valence-corrected chi connectivity index (χ3v) is 11.8. The van der Waals surface area contributed by atoms with Gasteiger partial charge in [-0.05, 0) is 138 Å². The van der Waals surface area contributed by atoms with Crippen LogP contribution in [0.4, 0.5) is 0 Å². The van der Waals surface area contributed by atoms with Gasteiger partial charge in [-0.15, -0.1) is 0 Å². The van der Waals surface area contributed by atoms with Gasteiger partial charge in [-0.1, -0.05) is 13.8 Å². The largest absolute Gasteiger partial charge is 0.415 e. The molecule has 0 aromatic carbocycles. The zero-order valence-corrected chi connectivity index (χ0v) is 23.4. The zero-order chi connectivity index (χ0) is 21.9. The van der Waals surface area contributed by atoms with Gasteiger partial charge in [-0.3, -0.25) is 0 Å². The maximum absolute atomic E-state index is 7.08. The van der Waals surface area contributed by atoms with Crippen LogP contribution in [-0.2, 0) is 8.85 Å². The Morgan fingerprint density at radius 1 is 0.767 bits per heavy atom.